The molecule has 0 amide bonds. The van der Waals surface area contributed by atoms with E-state index in [1.54, 1.807) is 0 Å². The van der Waals surface area contributed by atoms with Crippen LogP contribution in [-0.2, 0) is 6.54 Å². The van der Waals surface area contributed by atoms with Crippen LogP contribution in [0, 0.1) is 0 Å². The van der Waals surface area contributed by atoms with Crippen LogP contribution in [0.4, 0.5) is 11.4 Å². The maximum Gasteiger partial charge on any atom is 0.0654 e. The van der Waals surface area contributed by atoms with Gasteiger partial charge in [-0.15, -0.1) is 24.8 Å². The van der Waals surface area contributed by atoms with Gasteiger partial charge in [0.1, 0.15) is 0 Å². The highest BCUT2D eigenvalue weighted by atomic mass is 35.5. The summed E-state index contributed by atoms with van der Waals surface area (Å²) in [4.78, 5) is 4.43. The fraction of sp³-hybridized carbons (Fsp3) is 0.0556. The van der Waals surface area contributed by atoms with E-state index < -0.39 is 0 Å². The summed E-state index contributed by atoms with van der Waals surface area (Å²) in [5.74, 6) is 0. The molecule has 2 aromatic carbocycles. The molecule has 124 valence electrons. The monoisotopic (exact) mass is 360 g/mol. The van der Waals surface area contributed by atoms with Crippen molar-refractivity contribution in [2.75, 3.05) is 11.5 Å². The lowest BCUT2D eigenvalue weighted by Crippen LogP contribution is -2.01. The van der Waals surface area contributed by atoms with Crippen LogP contribution in [0.5, 0.6) is 0 Å². The van der Waals surface area contributed by atoms with Crippen molar-refractivity contribution < 1.29 is 0 Å². The van der Waals surface area contributed by atoms with Gasteiger partial charge >= 0.3 is 0 Å². The lowest BCUT2D eigenvalue weighted by atomic mass is 10.1. The van der Waals surface area contributed by atoms with E-state index in [0.29, 0.717) is 6.54 Å². The van der Waals surface area contributed by atoms with Gasteiger partial charge in [0.15, 0.2) is 0 Å². The van der Waals surface area contributed by atoms with Gasteiger partial charge in [0.2, 0.25) is 0 Å². The Bertz CT molecular complexity index is 921. The van der Waals surface area contributed by atoms with Crippen molar-refractivity contribution in [3.05, 3.63) is 66.5 Å². The van der Waals surface area contributed by atoms with Crippen molar-refractivity contribution in [2.24, 2.45) is 0 Å². The molecule has 0 fully saturated rings. The molecule has 0 aliphatic carbocycles. The Labute approximate surface area is 152 Å². The maximum absolute atomic E-state index is 5.98. The third-order valence-corrected chi connectivity index (χ3v) is 3.96. The van der Waals surface area contributed by atoms with E-state index in [9.17, 15) is 0 Å². The highest BCUT2D eigenvalue weighted by molar-refractivity contribution is 6.09. The van der Waals surface area contributed by atoms with Crippen LogP contribution in [-0.4, -0.2) is 9.55 Å². The van der Waals surface area contributed by atoms with Crippen LogP contribution in [0.1, 0.15) is 5.69 Å². The number of benzene rings is 2. The molecule has 0 atom stereocenters. The van der Waals surface area contributed by atoms with E-state index >= 15 is 0 Å². The first-order chi connectivity index (χ1) is 10.7. The van der Waals surface area contributed by atoms with Gasteiger partial charge in [-0.3, -0.25) is 4.98 Å². The van der Waals surface area contributed by atoms with Gasteiger partial charge in [0.05, 0.1) is 23.3 Å². The van der Waals surface area contributed by atoms with Crippen molar-refractivity contribution in [3.63, 3.8) is 0 Å². The number of aromatic nitrogens is 2. The molecule has 0 saturated carbocycles. The molecular weight excluding hydrogens is 343 g/mol. The fourth-order valence-corrected chi connectivity index (χ4v) is 2.95. The van der Waals surface area contributed by atoms with Gasteiger partial charge in [-0.2, -0.15) is 0 Å². The highest BCUT2D eigenvalue weighted by Crippen LogP contribution is 2.32. The Morgan fingerprint density at radius 2 is 1.38 bits per heavy atom. The second-order valence-corrected chi connectivity index (χ2v) is 5.46. The molecule has 4 aromatic rings. The number of nitrogens with zero attached hydrogens (tertiary/aromatic N) is 2. The quantitative estimate of drug-likeness (QED) is 0.525. The topological polar surface area (TPSA) is 69.9 Å². The molecule has 0 bridgehead atoms. The summed E-state index contributed by atoms with van der Waals surface area (Å²) >= 11 is 0. The number of hydrogen-bond acceptors (Lipinski definition) is 3. The number of nitrogens with two attached hydrogens (primary N) is 2. The summed E-state index contributed by atoms with van der Waals surface area (Å²) in [7, 11) is 0. The Balaban J connectivity index is 0.00000104. The number of rotatable bonds is 2. The van der Waals surface area contributed by atoms with Gasteiger partial charge in [-0.25, -0.2) is 0 Å². The number of nitrogen functional groups attached to an aromatic ring is 2. The molecule has 24 heavy (non-hydrogen) atoms. The zero-order valence-corrected chi connectivity index (χ0v) is 14.5. The first-order valence-corrected chi connectivity index (χ1v) is 7.19. The number of anilines is 2. The average Bonchev–Trinajstić information content (AvgIpc) is 2.81. The average molecular weight is 361 g/mol. The SMILES string of the molecule is Cl.Cl.Nc1ccc2c3ccc(N)cc3n(Cc3ccccn3)c2c1. The van der Waals surface area contributed by atoms with Gasteiger partial charge in [0, 0.05) is 28.3 Å². The number of halogens is 2. The van der Waals surface area contributed by atoms with Crippen molar-refractivity contribution in [1.29, 1.82) is 0 Å². The third kappa shape index (κ3) is 2.98. The standard InChI is InChI=1S/C18H16N4.2ClH/c19-12-4-6-15-16-7-5-13(20)10-18(16)22(17(15)9-12)11-14-3-1-2-8-21-14;;/h1-10H,11,19-20H2;2*1H. The molecule has 4 nitrogen and oxygen atoms in total. The fourth-order valence-electron chi connectivity index (χ4n) is 2.95. The molecule has 4 N–H and O–H groups in total. The molecule has 0 saturated heterocycles. The van der Waals surface area contributed by atoms with E-state index in [4.69, 9.17) is 11.5 Å². The van der Waals surface area contributed by atoms with Gasteiger partial charge in [0.25, 0.3) is 0 Å². The summed E-state index contributed by atoms with van der Waals surface area (Å²) in [6.45, 7) is 0.688. The van der Waals surface area contributed by atoms with Crippen LogP contribution >= 0.6 is 24.8 Å². The summed E-state index contributed by atoms with van der Waals surface area (Å²) in [5.41, 5.74) is 16.7. The summed E-state index contributed by atoms with van der Waals surface area (Å²) in [6.07, 6.45) is 1.81. The minimum Gasteiger partial charge on any atom is -0.399 e. The molecule has 6 heteroatoms. The molecule has 2 aromatic heterocycles. The van der Waals surface area contributed by atoms with Crippen molar-refractivity contribution in [1.82, 2.24) is 9.55 Å². The van der Waals surface area contributed by atoms with E-state index in [2.05, 4.69) is 21.7 Å². The van der Waals surface area contributed by atoms with Crippen LogP contribution in [0.25, 0.3) is 21.8 Å². The molecule has 0 radical (unpaired) electrons. The van der Waals surface area contributed by atoms with Gasteiger partial charge < -0.3 is 16.0 Å². The summed E-state index contributed by atoms with van der Waals surface area (Å²) in [5, 5.41) is 2.36. The number of fused-ring (bicyclic) bond motifs is 3. The predicted octanol–water partition coefficient (Wildman–Crippen LogP) is 4.25. The van der Waals surface area contributed by atoms with Crippen LogP contribution in [0.15, 0.2) is 60.8 Å². The second kappa shape index (κ2) is 6.99. The molecule has 0 aliphatic rings. The first-order valence-electron chi connectivity index (χ1n) is 7.19. The largest absolute Gasteiger partial charge is 0.399 e. The molecule has 0 spiro atoms. The number of hydrogen-bond donors (Lipinski definition) is 2. The zero-order valence-electron chi connectivity index (χ0n) is 12.8. The second-order valence-electron chi connectivity index (χ2n) is 5.46. The Morgan fingerprint density at radius 3 is 1.88 bits per heavy atom. The maximum atomic E-state index is 5.98. The van der Waals surface area contributed by atoms with E-state index in [1.807, 2.05) is 48.7 Å². The molecule has 4 rings (SSSR count). The van der Waals surface area contributed by atoms with Gasteiger partial charge in [-0.1, -0.05) is 18.2 Å². The summed E-state index contributed by atoms with van der Waals surface area (Å²) in [6, 6.07) is 18.0. The van der Waals surface area contributed by atoms with Crippen LogP contribution < -0.4 is 11.5 Å². The molecule has 2 heterocycles. The smallest absolute Gasteiger partial charge is 0.0654 e. The van der Waals surface area contributed by atoms with Crippen molar-refractivity contribution >= 4 is 58.0 Å². The van der Waals surface area contributed by atoms with Gasteiger partial charge in [-0.05, 0) is 36.4 Å². The van der Waals surface area contributed by atoms with E-state index in [-0.39, 0.29) is 24.8 Å². The summed E-state index contributed by atoms with van der Waals surface area (Å²) < 4.78 is 2.22. The minimum absolute atomic E-state index is 0. The van der Waals surface area contributed by atoms with E-state index in [1.165, 1.54) is 10.8 Å². The van der Waals surface area contributed by atoms with Crippen molar-refractivity contribution in [2.45, 2.75) is 6.54 Å². The third-order valence-electron chi connectivity index (χ3n) is 3.96. The number of pyridine rings is 1. The first kappa shape index (κ1) is 17.9. The normalized spacial score (nSPS) is 10.3. The van der Waals surface area contributed by atoms with Crippen LogP contribution in [0.2, 0.25) is 0 Å². The lowest BCUT2D eigenvalue weighted by Gasteiger charge is -2.07. The predicted molar refractivity (Wildman–Crippen MR) is 106 cm³/mol. The molecule has 0 aliphatic heterocycles. The zero-order chi connectivity index (χ0) is 15.1. The van der Waals surface area contributed by atoms with Crippen LogP contribution in [0.3, 0.4) is 0 Å². The van der Waals surface area contributed by atoms with E-state index in [0.717, 1.165) is 28.1 Å². The molecular formula is C18H18Cl2N4. The highest BCUT2D eigenvalue weighted by Gasteiger charge is 2.12. The molecule has 0 unspecified atom stereocenters. The minimum atomic E-state index is 0. The lowest BCUT2D eigenvalue weighted by molar-refractivity contribution is 0.835. The van der Waals surface area contributed by atoms with Crippen molar-refractivity contribution in [3.8, 4) is 0 Å². The Kier molecular flexibility index (Phi) is 5.22. The Hall–Kier alpha value is -2.43. The Morgan fingerprint density at radius 1 is 0.792 bits per heavy atom.